The van der Waals surface area contributed by atoms with Crippen molar-refractivity contribution in [1.82, 2.24) is 10.3 Å². The number of rotatable bonds is 4. The minimum Gasteiger partial charge on any atom is -0.461 e. The van der Waals surface area contributed by atoms with Crippen LogP contribution in [0.5, 0.6) is 0 Å². The van der Waals surface area contributed by atoms with Gasteiger partial charge in [-0.05, 0) is 49.9 Å². The minimum atomic E-state index is -0.483. The van der Waals surface area contributed by atoms with Crippen LogP contribution in [0.2, 0.25) is 0 Å². The molecule has 30 heavy (non-hydrogen) atoms. The minimum absolute atomic E-state index is 0.0293. The number of hydrogen-bond donors (Lipinski definition) is 1. The number of carbonyl (C=O) groups is 1. The molecule has 3 heterocycles. The summed E-state index contributed by atoms with van der Waals surface area (Å²) in [6.07, 6.45) is 5.90. The van der Waals surface area contributed by atoms with Gasteiger partial charge in [0.05, 0.1) is 24.2 Å². The largest absolute Gasteiger partial charge is 0.461 e. The first kappa shape index (κ1) is 18.6. The molecule has 0 aliphatic heterocycles. The molecule has 3 aromatic heterocycles. The molecule has 0 saturated heterocycles. The van der Waals surface area contributed by atoms with Crippen LogP contribution in [-0.2, 0) is 30.6 Å². The lowest BCUT2D eigenvalue weighted by molar-refractivity contribution is -0.120. The van der Waals surface area contributed by atoms with Crippen molar-refractivity contribution in [3.63, 3.8) is 0 Å². The van der Waals surface area contributed by atoms with Gasteiger partial charge in [-0.15, -0.1) is 0 Å². The molecule has 4 aromatic rings. The number of furan rings is 1. The van der Waals surface area contributed by atoms with E-state index in [1.165, 1.54) is 5.56 Å². The van der Waals surface area contributed by atoms with Gasteiger partial charge in [-0.2, -0.15) is 0 Å². The fourth-order valence-electron chi connectivity index (χ4n) is 4.26. The number of benzene rings is 1. The Labute approximate surface area is 172 Å². The van der Waals surface area contributed by atoms with Gasteiger partial charge in [-0.3, -0.25) is 9.78 Å². The van der Waals surface area contributed by atoms with E-state index in [4.69, 9.17) is 8.83 Å². The summed E-state index contributed by atoms with van der Waals surface area (Å²) in [5.41, 5.74) is 3.97. The summed E-state index contributed by atoms with van der Waals surface area (Å²) >= 11 is 0. The summed E-state index contributed by atoms with van der Waals surface area (Å²) in [7, 11) is 0. The van der Waals surface area contributed by atoms with Crippen molar-refractivity contribution in [3.05, 3.63) is 75.1 Å². The van der Waals surface area contributed by atoms with Crippen LogP contribution in [0.25, 0.3) is 21.9 Å². The van der Waals surface area contributed by atoms with Crippen LogP contribution in [0.1, 0.15) is 41.0 Å². The van der Waals surface area contributed by atoms with Gasteiger partial charge in [0.2, 0.25) is 5.91 Å². The van der Waals surface area contributed by atoms with Gasteiger partial charge in [-0.1, -0.05) is 6.07 Å². The number of nitrogens with one attached hydrogen (secondary N) is 1. The molecule has 1 N–H and O–H groups in total. The summed E-state index contributed by atoms with van der Waals surface area (Å²) in [6, 6.07) is 9.38. The SMILES string of the molecule is Cc1c(CC(=O)NCc2ccccn2)c(=O)oc2cc3oc4c(c3cc12)CCCC4. The van der Waals surface area contributed by atoms with Crippen molar-refractivity contribution >= 4 is 27.8 Å². The van der Waals surface area contributed by atoms with E-state index < -0.39 is 5.63 Å². The highest BCUT2D eigenvalue weighted by atomic mass is 16.4. The molecule has 1 aliphatic rings. The maximum Gasteiger partial charge on any atom is 0.340 e. The van der Waals surface area contributed by atoms with Crippen molar-refractivity contribution in [2.45, 2.75) is 45.6 Å². The summed E-state index contributed by atoms with van der Waals surface area (Å²) in [5.74, 6) is 0.804. The van der Waals surface area contributed by atoms with E-state index in [-0.39, 0.29) is 12.3 Å². The monoisotopic (exact) mass is 402 g/mol. The number of pyridine rings is 1. The average molecular weight is 402 g/mol. The third kappa shape index (κ3) is 3.28. The van der Waals surface area contributed by atoms with Gasteiger partial charge in [-0.25, -0.2) is 4.79 Å². The Morgan fingerprint density at radius 1 is 1.10 bits per heavy atom. The summed E-state index contributed by atoms with van der Waals surface area (Å²) in [6.45, 7) is 2.19. The normalized spacial score (nSPS) is 13.5. The topological polar surface area (TPSA) is 85.3 Å². The highest BCUT2D eigenvalue weighted by Crippen LogP contribution is 2.35. The zero-order chi connectivity index (χ0) is 20.7. The van der Waals surface area contributed by atoms with Crippen LogP contribution in [0.15, 0.2) is 50.2 Å². The third-order valence-corrected chi connectivity index (χ3v) is 5.89. The summed E-state index contributed by atoms with van der Waals surface area (Å²) in [4.78, 5) is 29.2. The first-order valence-electron chi connectivity index (χ1n) is 10.3. The molecule has 1 aliphatic carbocycles. The van der Waals surface area contributed by atoms with E-state index in [1.807, 2.05) is 37.3 Å². The van der Waals surface area contributed by atoms with E-state index in [9.17, 15) is 9.59 Å². The molecule has 0 fully saturated rings. The zero-order valence-corrected chi connectivity index (χ0v) is 16.8. The number of carbonyl (C=O) groups excluding carboxylic acids is 1. The van der Waals surface area contributed by atoms with Gasteiger partial charge in [0.25, 0.3) is 0 Å². The molecule has 5 rings (SSSR count). The van der Waals surface area contributed by atoms with Crippen molar-refractivity contribution in [2.24, 2.45) is 0 Å². The predicted octanol–water partition coefficient (Wildman–Crippen LogP) is 3.98. The van der Waals surface area contributed by atoms with E-state index in [0.717, 1.165) is 59.1 Å². The summed E-state index contributed by atoms with van der Waals surface area (Å²) < 4.78 is 11.6. The first-order chi connectivity index (χ1) is 14.6. The molecule has 0 radical (unpaired) electrons. The van der Waals surface area contributed by atoms with Crippen LogP contribution in [-0.4, -0.2) is 10.9 Å². The van der Waals surface area contributed by atoms with E-state index >= 15 is 0 Å². The Balaban J connectivity index is 1.48. The van der Waals surface area contributed by atoms with Crippen LogP contribution in [0.3, 0.4) is 0 Å². The molecule has 0 bridgehead atoms. The average Bonchev–Trinajstić information content (AvgIpc) is 3.12. The third-order valence-electron chi connectivity index (χ3n) is 5.89. The Kier molecular flexibility index (Phi) is 4.62. The van der Waals surface area contributed by atoms with Gasteiger partial charge in [0.15, 0.2) is 0 Å². The maximum absolute atomic E-state index is 12.6. The van der Waals surface area contributed by atoms with Gasteiger partial charge in [0.1, 0.15) is 16.9 Å². The quantitative estimate of drug-likeness (QED) is 0.522. The molecule has 0 spiro atoms. The molecule has 0 saturated carbocycles. The Bertz CT molecular complexity index is 1320. The number of amides is 1. The lowest BCUT2D eigenvalue weighted by Crippen LogP contribution is -2.27. The van der Waals surface area contributed by atoms with Crippen molar-refractivity contribution in [3.8, 4) is 0 Å². The zero-order valence-electron chi connectivity index (χ0n) is 16.8. The predicted molar refractivity (Wildman–Crippen MR) is 113 cm³/mol. The van der Waals surface area contributed by atoms with E-state index in [1.54, 1.807) is 6.20 Å². The molecule has 0 unspecified atom stereocenters. The van der Waals surface area contributed by atoms with Crippen molar-refractivity contribution in [1.29, 1.82) is 0 Å². The van der Waals surface area contributed by atoms with E-state index in [2.05, 4.69) is 10.3 Å². The van der Waals surface area contributed by atoms with E-state index in [0.29, 0.717) is 17.7 Å². The Hall–Kier alpha value is -3.41. The second kappa shape index (κ2) is 7.44. The highest BCUT2D eigenvalue weighted by Gasteiger charge is 2.21. The lowest BCUT2D eigenvalue weighted by atomic mass is 9.94. The molecule has 6 nitrogen and oxygen atoms in total. The van der Waals surface area contributed by atoms with Gasteiger partial charge >= 0.3 is 5.63 Å². The Morgan fingerprint density at radius 2 is 1.93 bits per heavy atom. The fourth-order valence-corrected chi connectivity index (χ4v) is 4.26. The van der Waals surface area contributed by atoms with Crippen LogP contribution in [0, 0.1) is 6.92 Å². The molecule has 152 valence electrons. The Morgan fingerprint density at radius 3 is 2.77 bits per heavy atom. The number of aryl methyl sites for hydroxylation is 3. The molecule has 1 aromatic carbocycles. The smallest absolute Gasteiger partial charge is 0.340 e. The number of aromatic nitrogens is 1. The highest BCUT2D eigenvalue weighted by molar-refractivity contribution is 5.97. The van der Waals surface area contributed by atoms with Crippen molar-refractivity contribution < 1.29 is 13.6 Å². The lowest BCUT2D eigenvalue weighted by Gasteiger charge is -2.10. The van der Waals surface area contributed by atoms with Gasteiger partial charge < -0.3 is 14.2 Å². The first-order valence-corrected chi connectivity index (χ1v) is 10.3. The van der Waals surface area contributed by atoms with Crippen molar-refractivity contribution in [2.75, 3.05) is 0 Å². The number of hydrogen-bond acceptors (Lipinski definition) is 5. The molecule has 0 atom stereocenters. The second-order valence-electron chi connectivity index (χ2n) is 7.82. The van der Waals surface area contributed by atoms with Crippen LogP contribution < -0.4 is 10.9 Å². The fraction of sp³-hybridized carbons (Fsp3) is 0.292. The standard InChI is InChI=1S/C24H22N2O4/c1-14-17-10-19-16-7-2-3-8-20(16)29-22(19)12-21(17)30-24(28)18(14)11-23(27)26-13-15-6-4-5-9-25-15/h4-6,9-10,12H,2-3,7-8,11,13H2,1H3,(H,26,27). The number of nitrogens with zero attached hydrogens (tertiary/aromatic N) is 1. The second-order valence-corrected chi connectivity index (χ2v) is 7.82. The maximum atomic E-state index is 12.6. The van der Waals surface area contributed by atoms with Gasteiger partial charge in [0, 0.05) is 35.0 Å². The van der Waals surface area contributed by atoms with Crippen LogP contribution in [0.4, 0.5) is 0 Å². The molecule has 6 heteroatoms. The molecular weight excluding hydrogens is 380 g/mol. The molecule has 1 amide bonds. The van der Waals surface area contributed by atoms with Crippen LogP contribution >= 0.6 is 0 Å². The number of fused-ring (bicyclic) bond motifs is 4. The molecular formula is C24H22N2O4. The summed E-state index contributed by atoms with van der Waals surface area (Å²) in [5, 5.41) is 4.75.